The van der Waals surface area contributed by atoms with Crippen LogP contribution in [0.25, 0.3) is 10.9 Å². The summed E-state index contributed by atoms with van der Waals surface area (Å²) in [5.41, 5.74) is 2.82. The highest BCUT2D eigenvalue weighted by Crippen LogP contribution is 2.39. The molecule has 1 fully saturated rings. The maximum absolute atomic E-state index is 4.07. The van der Waals surface area contributed by atoms with Gasteiger partial charge in [0.25, 0.3) is 0 Å². The van der Waals surface area contributed by atoms with E-state index < -0.39 is 0 Å². The number of rotatable bonds is 2. The Bertz CT molecular complexity index is 570. The Morgan fingerprint density at radius 1 is 1.37 bits per heavy atom. The highest BCUT2D eigenvalue weighted by Gasteiger charge is 2.32. The fourth-order valence-electron chi connectivity index (χ4n) is 3.41. The number of H-pyrrole nitrogens is 1. The molecule has 2 atom stereocenters. The zero-order chi connectivity index (χ0) is 13.5. The van der Waals surface area contributed by atoms with E-state index in [1.165, 1.54) is 30.3 Å². The van der Waals surface area contributed by atoms with Crippen molar-refractivity contribution in [2.45, 2.75) is 46.1 Å². The Hall–Kier alpha value is -1.51. The molecule has 102 valence electrons. The molecular weight excluding hydrogens is 234 g/mol. The molecule has 1 aromatic heterocycles. The first-order chi connectivity index (χ1) is 9.03. The molecule has 1 aliphatic rings. The van der Waals surface area contributed by atoms with Crippen molar-refractivity contribution in [3.63, 3.8) is 0 Å². The smallest absolute Gasteiger partial charge is 0.0651 e. The molecule has 1 heterocycles. The van der Waals surface area contributed by atoms with Crippen LogP contribution in [-0.2, 0) is 0 Å². The van der Waals surface area contributed by atoms with Crippen LogP contribution in [0.4, 0.5) is 5.69 Å². The molecule has 3 heteroatoms. The van der Waals surface area contributed by atoms with E-state index in [1.807, 2.05) is 6.20 Å². The van der Waals surface area contributed by atoms with Gasteiger partial charge < -0.3 is 5.32 Å². The molecule has 0 radical (unpaired) electrons. The number of benzene rings is 1. The average molecular weight is 257 g/mol. The molecule has 2 unspecified atom stereocenters. The molecule has 19 heavy (non-hydrogen) atoms. The second kappa shape index (κ2) is 4.55. The third-order valence-corrected chi connectivity index (χ3v) is 4.49. The fourth-order valence-corrected chi connectivity index (χ4v) is 3.41. The van der Waals surface area contributed by atoms with Crippen molar-refractivity contribution in [3.05, 3.63) is 24.4 Å². The van der Waals surface area contributed by atoms with Crippen LogP contribution in [0.15, 0.2) is 24.4 Å². The normalized spacial score (nSPS) is 26.5. The van der Waals surface area contributed by atoms with Gasteiger partial charge in [-0.05, 0) is 48.8 Å². The first kappa shape index (κ1) is 12.5. The number of anilines is 1. The molecular formula is C16H23N3. The topological polar surface area (TPSA) is 40.7 Å². The predicted octanol–water partition coefficient (Wildman–Crippen LogP) is 4.19. The molecule has 3 nitrogen and oxygen atoms in total. The summed E-state index contributed by atoms with van der Waals surface area (Å²) in [5, 5.41) is 11.9. The minimum absolute atomic E-state index is 0.506. The summed E-state index contributed by atoms with van der Waals surface area (Å²) < 4.78 is 0. The van der Waals surface area contributed by atoms with Crippen LogP contribution in [0, 0.1) is 11.3 Å². The molecule has 1 saturated carbocycles. The largest absolute Gasteiger partial charge is 0.382 e. The lowest BCUT2D eigenvalue weighted by Gasteiger charge is -2.40. The summed E-state index contributed by atoms with van der Waals surface area (Å²) in [6.45, 7) is 7.14. The number of nitrogens with zero attached hydrogens (tertiary/aromatic N) is 1. The summed E-state index contributed by atoms with van der Waals surface area (Å²) in [6.07, 6.45) is 5.76. The maximum atomic E-state index is 4.07. The molecule has 2 aromatic rings. The molecule has 3 rings (SSSR count). The van der Waals surface area contributed by atoms with Gasteiger partial charge in [-0.3, -0.25) is 5.10 Å². The Labute approximate surface area is 114 Å². The Morgan fingerprint density at radius 3 is 3.00 bits per heavy atom. The van der Waals surface area contributed by atoms with Gasteiger partial charge in [0.2, 0.25) is 0 Å². The summed E-state index contributed by atoms with van der Waals surface area (Å²) in [4.78, 5) is 0. The number of fused-ring (bicyclic) bond motifs is 1. The predicted molar refractivity (Wildman–Crippen MR) is 80.3 cm³/mol. The van der Waals surface area contributed by atoms with Crippen molar-refractivity contribution in [1.29, 1.82) is 0 Å². The van der Waals surface area contributed by atoms with Crippen molar-refractivity contribution in [2.75, 3.05) is 5.32 Å². The molecule has 0 bridgehead atoms. The van der Waals surface area contributed by atoms with Crippen molar-refractivity contribution in [3.8, 4) is 0 Å². The zero-order valence-corrected chi connectivity index (χ0v) is 12.0. The highest BCUT2D eigenvalue weighted by atomic mass is 15.1. The van der Waals surface area contributed by atoms with Crippen LogP contribution >= 0.6 is 0 Å². The lowest BCUT2D eigenvalue weighted by molar-refractivity contribution is 0.177. The van der Waals surface area contributed by atoms with Crippen LogP contribution in [0.2, 0.25) is 0 Å². The van der Waals surface area contributed by atoms with E-state index >= 15 is 0 Å². The van der Waals surface area contributed by atoms with E-state index in [2.05, 4.69) is 54.5 Å². The van der Waals surface area contributed by atoms with Crippen molar-refractivity contribution < 1.29 is 0 Å². The van der Waals surface area contributed by atoms with Gasteiger partial charge in [0, 0.05) is 17.1 Å². The lowest BCUT2D eigenvalue weighted by Crippen LogP contribution is -2.36. The summed E-state index contributed by atoms with van der Waals surface area (Å²) in [6, 6.07) is 7.03. The molecule has 0 saturated heterocycles. The molecule has 1 aromatic carbocycles. The average Bonchev–Trinajstić information content (AvgIpc) is 2.79. The monoisotopic (exact) mass is 257 g/mol. The SMILES string of the molecule is CC1CC(C)(C)CCC1Nc1ccc2[nH]ncc2c1. The quantitative estimate of drug-likeness (QED) is 0.847. The van der Waals surface area contributed by atoms with Gasteiger partial charge in [-0.1, -0.05) is 20.8 Å². The Kier molecular flexibility index (Phi) is 3.00. The van der Waals surface area contributed by atoms with Gasteiger partial charge >= 0.3 is 0 Å². The van der Waals surface area contributed by atoms with E-state index in [4.69, 9.17) is 0 Å². The standard InChI is InChI=1S/C16H23N3/c1-11-9-16(2,3)7-6-14(11)18-13-4-5-15-12(8-13)10-17-19-15/h4-5,8,10-11,14,18H,6-7,9H2,1-3H3,(H,17,19). The fraction of sp³-hybridized carbons (Fsp3) is 0.562. The number of hydrogen-bond donors (Lipinski definition) is 2. The molecule has 2 N–H and O–H groups in total. The van der Waals surface area contributed by atoms with Crippen molar-refractivity contribution in [1.82, 2.24) is 10.2 Å². The third kappa shape index (κ3) is 2.60. The van der Waals surface area contributed by atoms with Crippen LogP contribution in [0.1, 0.15) is 40.0 Å². The Morgan fingerprint density at radius 2 is 2.21 bits per heavy atom. The van der Waals surface area contributed by atoms with Gasteiger partial charge in [0.1, 0.15) is 0 Å². The van der Waals surface area contributed by atoms with Gasteiger partial charge in [-0.2, -0.15) is 5.10 Å². The first-order valence-electron chi connectivity index (χ1n) is 7.23. The highest BCUT2D eigenvalue weighted by molar-refractivity contribution is 5.81. The minimum Gasteiger partial charge on any atom is -0.382 e. The van der Waals surface area contributed by atoms with Gasteiger partial charge in [0.05, 0.1) is 11.7 Å². The molecule has 0 spiro atoms. The lowest BCUT2D eigenvalue weighted by atomic mass is 9.70. The van der Waals surface area contributed by atoms with E-state index in [0.717, 1.165) is 11.4 Å². The van der Waals surface area contributed by atoms with E-state index in [1.54, 1.807) is 0 Å². The zero-order valence-electron chi connectivity index (χ0n) is 12.0. The van der Waals surface area contributed by atoms with Crippen LogP contribution in [-0.4, -0.2) is 16.2 Å². The first-order valence-corrected chi connectivity index (χ1v) is 7.23. The summed E-state index contributed by atoms with van der Waals surface area (Å²) in [7, 11) is 0. The third-order valence-electron chi connectivity index (χ3n) is 4.49. The number of nitrogens with one attached hydrogen (secondary N) is 2. The van der Waals surface area contributed by atoms with Gasteiger partial charge in [-0.15, -0.1) is 0 Å². The van der Waals surface area contributed by atoms with Crippen molar-refractivity contribution >= 4 is 16.6 Å². The second-order valence-electron chi connectivity index (χ2n) is 6.81. The van der Waals surface area contributed by atoms with Gasteiger partial charge in [-0.25, -0.2) is 0 Å². The number of hydrogen-bond acceptors (Lipinski definition) is 2. The van der Waals surface area contributed by atoms with Gasteiger partial charge in [0.15, 0.2) is 0 Å². The van der Waals surface area contributed by atoms with Crippen LogP contribution in [0.5, 0.6) is 0 Å². The van der Waals surface area contributed by atoms with Crippen molar-refractivity contribution in [2.24, 2.45) is 11.3 Å². The number of aromatic amines is 1. The molecule has 1 aliphatic carbocycles. The number of aromatic nitrogens is 2. The van der Waals surface area contributed by atoms with E-state index in [-0.39, 0.29) is 0 Å². The maximum Gasteiger partial charge on any atom is 0.0651 e. The van der Waals surface area contributed by atoms with E-state index in [9.17, 15) is 0 Å². The summed E-state index contributed by atoms with van der Waals surface area (Å²) in [5.74, 6) is 0.726. The molecule has 0 amide bonds. The summed E-state index contributed by atoms with van der Waals surface area (Å²) >= 11 is 0. The van der Waals surface area contributed by atoms with Crippen LogP contribution in [0.3, 0.4) is 0 Å². The minimum atomic E-state index is 0.506. The molecule has 0 aliphatic heterocycles. The van der Waals surface area contributed by atoms with E-state index in [0.29, 0.717) is 11.5 Å². The second-order valence-corrected chi connectivity index (χ2v) is 6.81. The Balaban J connectivity index is 1.74. The van der Waals surface area contributed by atoms with Crippen LogP contribution < -0.4 is 5.32 Å².